The van der Waals surface area contributed by atoms with Gasteiger partial charge in [-0.25, -0.2) is 0 Å². The minimum absolute atomic E-state index is 0.0291. The van der Waals surface area contributed by atoms with Crippen LogP contribution in [-0.4, -0.2) is 36.1 Å². The van der Waals surface area contributed by atoms with Crippen LogP contribution in [0.2, 0.25) is 5.02 Å². The van der Waals surface area contributed by atoms with E-state index in [-0.39, 0.29) is 18.1 Å². The molecule has 1 aromatic carbocycles. The summed E-state index contributed by atoms with van der Waals surface area (Å²) in [4.78, 5) is 14.2. The molecule has 0 saturated carbocycles. The van der Waals surface area contributed by atoms with Gasteiger partial charge in [0.25, 0.3) is 5.91 Å². The van der Waals surface area contributed by atoms with Crippen molar-refractivity contribution >= 4 is 23.2 Å². The third-order valence-corrected chi connectivity index (χ3v) is 3.28. The molecule has 0 aromatic heterocycles. The Morgan fingerprint density at radius 2 is 2.00 bits per heavy atom. The zero-order valence-electron chi connectivity index (χ0n) is 10.5. The molecule has 0 radical (unpaired) electrons. The lowest BCUT2D eigenvalue weighted by molar-refractivity contribution is -0.0585. The summed E-state index contributed by atoms with van der Waals surface area (Å²) >= 11 is 6.06. The number of hydrogen-bond donors (Lipinski definition) is 1. The van der Waals surface area contributed by atoms with Crippen molar-refractivity contribution in [2.75, 3.05) is 18.8 Å². The summed E-state index contributed by atoms with van der Waals surface area (Å²) in [5, 5.41) is 0.395. The molecule has 1 aliphatic rings. The molecular weight excluding hydrogens is 252 g/mol. The number of benzene rings is 1. The molecule has 1 saturated heterocycles. The predicted molar refractivity (Wildman–Crippen MR) is 71.8 cm³/mol. The molecule has 1 heterocycles. The van der Waals surface area contributed by atoms with Gasteiger partial charge < -0.3 is 15.4 Å². The van der Waals surface area contributed by atoms with Crippen molar-refractivity contribution in [2.24, 2.45) is 0 Å². The van der Waals surface area contributed by atoms with Crippen LogP contribution in [0.3, 0.4) is 0 Å². The Balaban J connectivity index is 2.26. The summed E-state index contributed by atoms with van der Waals surface area (Å²) in [6.45, 7) is 5.03. The number of morpholine rings is 1. The third kappa shape index (κ3) is 2.60. The van der Waals surface area contributed by atoms with Crippen LogP contribution in [-0.2, 0) is 4.74 Å². The zero-order chi connectivity index (χ0) is 13.3. The number of hydrogen-bond acceptors (Lipinski definition) is 3. The van der Waals surface area contributed by atoms with Crippen molar-refractivity contribution in [2.45, 2.75) is 26.1 Å². The lowest BCUT2D eigenvalue weighted by Crippen LogP contribution is -2.48. The zero-order valence-corrected chi connectivity index (χ0v) is 11.3. The van der Waals surface area contributed by atoms with Crippen molar-refractivity contribution in [1.82, 2.24) is 4.90 Å². The van der Waals surface area contributed by atoms with Crippen molar-refractivity contribution in [1.29, 1.82) is 0 Å². The fourth-order valence-electron chi connectivity index (χ4n) is 2.27. The second-order valence-electron chi connectivity index (χ2n) is 4.67. The number of anilines is 1. The lowest BCUT2D eigenvalue weighted by atomic mass is 10.1. The average molecular weight is 269 g/mol. The van der Waals surface area contributed by atoms with Gasteiger partial charge in [0.2, 0.25) is 0 Å². The standard InChI is InChI=1S/C13H17ClN2O2/c1-8-6-16(7-9(2)18-8)13(17)12-10(14)4-3-5-11(12)15/h3-5,8-9H,6-7,15H2,1-2H3/t8-,9+. The van der Waals surface area contributed by atoms with E-state index in [0.29, 0.717) is 29.4 Å². The number of ether oxygens (including phenoxy) is 1. The molecule has 0 aliphatic carbocycles. The molecule has 1 aliphatic heterocycles. The minimum Gasteiger partial charge on any atom is -0.398 e. The molecule has 1 aromatic rings. The Morgan fingerprint density at radius 1 is 1.39 bits per heavy atom. The van der Waals surface area contributed by atoms with E-state index in [1.807, 2.05) is 13.8 Å². The van der Waals surface area contributed by atoms with Crippen LogP contribution in [0.1, 0.15) is 24.2 Å². The number of nitrogens with two attached hydrogens (primary N) is 1. The maximum Gasteiger partial charge on any atom is 0.257 e. The van der Waals surface area contributed by atoms with E-state index in [1.54, 1.807) is 23.1 Å². The Labute approximate surface area is 112 Å². The Hall–Kier alpha value is -1.26. The average Bonchev–Trinajstić information content (AvgIpc) is 2.27. The minimum atomic E-state index is -0.125. The maximum absolute atomic E-state index is 12.4. The highest BCUT2D eigenvalue weighted by Crippen LogP contribution is 2.25. The predicted octanol–water partition coefficient (Wildman–Crippen LogP) is 2.17. The molecule has 5 heteroatoms. The Morgan fingerprint density at radius 3 is 2.56 bits per heavy atom. The third-order valence-electron chi connectivity index (χ3n) is 2.97. The first-order valence-corrected chi connectivity index (χ1v) is 6.35. The molecule has 0 spiro atoms. The smallest absolute Gasteiger partial charge is 0.257 e. The van der Waals surface area contributed by atoms with Gasteiger partial charge in [0.1, 0.15) is 0 Å². The number of rotatable bonds is 1. The summed E-state index contributed by atoms with van der Waals surface area (Å²) in [6, 6.07) is 5.10. The number of amides is 1. The van der Waals surface area contributed by atoms with Crippen molar-refractivity contribution < 1.29 is 9.53 Å². The molecule has 98 valence electrons. The highest BCUT2D eigenvalue weighted by atomic mass is 35.5. The van der Waals surface area contributed by atoms with Gasteiger partial charge in [0, 0.05) is 18.8 Å². The SMILES string of the molecule is C[C@@H]1CN(C(=O)c2c(N)cccc2Cl)C[C@H](C)O1. The van der Waals surface area contributed by atoms with E-state index < -0.39 is 0 Å². The van der Waals surface area contributed by atoms with Crippen LogP contribution < -0.4 is 5.73 Å². The number of carbonyl (C=O) groups is 1. The number of carbonyl (C=O) groups excluding carboxylic acids is 1. The molecule has 18 heavy (non-hydrogen) atoms. The van der Waals surface area contributed by atoms with Crippen LogP contribution in [0.5, 0.6) is 0 Å². The van der Waals surface area contributed by atoms with E-state index in [4.69, 9.17) is 22.1 Å². The first-order valence-electron chi connectivity index (χ1n) is 5.97. The molecule has 0 bridgehead atoms. The second-order valence-corrected chi connectivity index (χ2v) is 5.08. The maximum atomic E-state index is 12.4. The van der Waals surface area contributed by atoms with Gasteiger partial charge in [-0.3, -0.25) is 4.79 Å². The largest absolute Gasteiger partial charge is 0.398 e. The van der Waals surface area contributed by atoms with Crippen LogP contribution in [0.15, 0.2) is 18.2 Å². The number of halogens is 1. The van der Waals surface area contributed by atoms with Gasteiger partial charge in [0.15, 0.2) is 0 Å². The summed E-state index contributed by atoms with van der Waals surface area (Å²) in [6.07, 6.45) is 0.0582. The molecule has 4 nitrogen and oxygen atoms in total. The summed E-state index contributed by atoms with van der Waals surface area (Å²) in [7, 11) is 0. The first-order chi connectivity index (χ1) is 8.49. The van der Waals surface area contributed by atoms with Crippen LogP contribution in [0.4, 0.5) is 5.69 Å². The van der Waals surface area contributed by atoms with Gasteiger partial charge in [-0.05, 0) is 26.0 Å². The van der Waals surface area contributed by atoms with Crippen LogP contribution >= 0.6 is 11.6 Å². The van der Waals surface area contributed by atoms with E-state index in [2.05, 4.69) is 0 Å². The van der Waals surface area contributed by atoms with Crippen molar-refractivity contribution in [3.05, 3.63) is 28.8 Å². The number of nitrogen functional groups attached to an aromatic ring is 1. The molecule has 2 rings (SSSR count). The first kappa shape index (κ1) is 13.2. The summed E-state index contributed by atoms with van der Waals surface area (Å²) < 4.78 is 5.60. The summed E-state index contributed by atoms with van der Waals surface area (Å²) in [5.41, 5.74) is 6.64. The van der Waals surface area contributed by atoms with Crippen LogP contribution in [0.25, 0.3) is 0 Å². The molecule has 2 N–H and O–H groups in total. The molecular formula is C13H17ClN2O2. The second kappa shape index (κ2) is 5.16. The van der Waals surface area contributed by atoms with E-state index in [9.17, 15) is 4.79 Å². The van der Waals surface area contributed by atoms with Gasteiger partial charge in [-0.1, -0.05) is 17.7 Å². The molecule has 0 unspecified atom stereocenters. The summed E-state index contributed by atoms with van der Waals surface area (Å²) in [5.74, 6) is -0.125. The number of nitrogens with zero attached hydrogens (tertiary/aromatic N) is 1. The highest BCUT2D eigenvalue weighted by molar-refractivity contribution is 6.34. The fraction of sp³-hybridized carbons (Fsp3) is 0.462. The van der Waals surface area contributed by atoms with Gasteiger partial charge in [-0.15, -0.1) is 0 Å². The quantitative estimate of drug-likeness (QED) is 0.794. The van der Waals surface area contributed by atoms with Crippen molar-refractivity contribution in [3.63, 3.8) is 0 Å². The Kier molecular flexibility index (Phi) is 3.78. The fourth-order valence-corrected chi connectivity index (χ4v) is 2.53. The molecule has 2 atom stereocenters. The van der Waals surface area contributed by atoms with Gasteiger partial charge in [-0.2, -0.15) is 0 Å². The van der Waals surface area contributed by atoms with E-state index in [0.717, 1.165) is 0 Å². The lowest BCUT2D eigenvalue weighted by Gasteiger charge is -2.35. The van der Waals surface area contributed by atoms with E-state index >= 15 is 0 Å². The monoisotopic (exact) mass is 268 g/mol. The highest BCUT2D eigenvalue weighted by Gasteiger charge is 2.28. The van der Waals surface area contributed by atoms with E-state index in [1.165, 1.54) is 0 Å². The van der Waals surface area contributed by atoms with Gasteiger partial charge >= 0.3 is 0 Å². The van der Waals surface area contributed by atoms with Crippen LogP contribution in [0, 0.1) is 0 Å². The Bertz CT molecular complexity index is 434. The topological polar surface area (TPSA) is 55.6 Å². The van der Waals surface area contributed by atoms with Gasteiger partial charge in [0.05, 0.1) is 22.8 Å². The normalized spacial score (nSPS) is 24.1. The molecule has 1 fully saturated rings. The molecule has 1 amide bonds. The van der Waals surface area contributed by atoms with Crippen molar-refractivity contribution in [3.8, 4) is 0 Å².